The monoisotopic (exact) mass is 389 g/mol. The Morgan fingerprint density at radius 1 is 0.966 bits per heavy atom. The molecule has 6 rings (SSSR count). The van der Waals surface area contributed by atoms with Gasteiger partial charge in [0.25, 0.3) is 0 Å². The van der Waals surface area contributed by atoms with Crippen molar-refractivity contribution in [2.75, 3.05) is 5.32 Å². The van der Waals surface area contributed by atoms with E-state index in [1.165, 1.54) is 30.4 Å². The number of rotatable bonds is 4. The summed E-state index contributed by atoms with van der Waals surface area (Å²) >= 11 is 0. The number of carbonyl (C=O) groups excluding carboxylic acids is 1. The lowest BCUT2D eigenvalue weighted by Crippen LogP contribution is -2.58. The molecule has 0 spiro atoms. The molecule has 2 atom stereocenters. The van der Waals surface area contributed by atoms with Gasteiger partial charge in [0.05, 0.1) is 16.7 Å². The van der Waals surface area contributed by atoms with Crippen molar-refractivity contribution in [3.8, 4) is 0 Å². The third kappa shape index (κ3) is 2.97. The van der Waals surface area contributed by atoms with Gasteiger partial charge in [0.2, 0.25) is 5.91 Å². The standard InChI is InChI=1S/C25H27NO3/c1-16-6-8-19(9-7-16)24-11-17-10-18(12-24)14-25(13-17,15-24)23(29)26-21-5-3-2-4-20(21)22(27)28/h2-9,17-18H,10-15H2,1H3,(H,26,29)(H,27,28). The van der Waals surface area contributed by atoms with Crippen molar-refractivity contribution in [3.05, 3.63) is 65.2 Å². The minimum absolute atomic E-state index is 0.0109. The largest absolute Gasteiger partial charge is 0.478 e. The van der Waals surface area contributed by atoms with E-state index in [0.29, 0.717) is 17.5 Å². The predicted octanol–water partition coefficient (Wildman–Crippen LogP) is 5.17. The number of para-hydroxylation sites is 1. The summed E-state index contributed by atoms with van der Waals surface area (Å²) in [4.78, 5) is 25.1. The van der Waals surface area contributed by atoms with Crippen LogP contribution in [0.2, 0.25) is 0 Å². The Bertz CT molecular complexity index is 964. The van der Waals surface area contributed by atoms with Crippen LogP contribution < -0.4 is 5.32 Å². The number of hydrogen-bond donors (Lipinski definition) is 2. The Hall–Kier alpha value is -2.62. The quantitative estimate of drug-likeness (QED) is 0.758. The summed E-state index contributed by atoms with van der Waals surface area (Å²) in [5, 5.41) is 12.5. The Labute approximate surface area is 171 Å². The summed E-state index contributed by atoms with van der Waals surface area (Å²) in [6.45, 7) is 2.11. The molecule has 4 aliphatic rings. The molecule has 1 amide bonds. The maximum Gasteiger partial charge on any atom is 0.337 e. The zero-order valence-electron chi connectivity index (χ0n) is 16.8. The van der Waals surface area contributed by atoms with Gasteiger partial charge >= 0.3 is 5.97 Å². The molecular weight excluding hydrogens is 362 g/mol. The van der Waals surface area contributed by atoms with Crippen molar-refractivity contribution in [1.82, 2.24) is 0 Å². The maximum absolute atomic E-state index is 13.6. The van der Waals surface area contributed by atoms with Crippen molar-refractivity contribution in [3.63, 3.8) is 0 Å². The van der Waals surface area contributed by atoms with Crippen LogP contribution in [-0.4, -0.2) is 17.0 Å². The first-order valence-electron chi connectivity index (χ1n) is 10.6. The topological polar surface area (TPSA) is 66.4 Å². The number of benzene rings is 2. The molecule has 0 aromatic heterocycles. The van der Waals surface area contributed by atoms with Gasteiger partial charge in [0.1, 0.15) is 0 Å². The average molecular weight is 389 g/mol. The van der Waals surface area contributed by atoms with Gasteiger partial charge in [0, 0.05) is 0 Å². The normalized spacial score (nSPS) is 32.2. The first-order valence-corrected chi connectivity index (χ1v) is 10.6. The first kappa shape index (κ1) is 18.4. The molecule has 0 aliphatic heterocycles. The molecule has 4 bridgehead atoms. The fourth-order valence-corrected chi connectivity index (χ4v) is 6.81. The van der Waals surface area contributed by atoms with Gasteiger partial charge in [0.15, 0.2) is 0 Å². The van der Waals surface area contributed by atoms with E-state index in [9.17, 15) is 14.7 Å². The van der Waals surface area contributed by atoms with Crippen LogP contribution in [0.5, 0.6) is 0 Å². The molecule has 4 aliphatic carbocycles. The van der Waals surface area contributed by atoms with Gasteiger partial charge in [-0.15, -0.1) is 0 Å². The fraction of sp³-hybridized carbons (Fsp3) is 0.440. The van der Waals surface area contributed by atoms with Gasteiger partial charge in [-0.05, 0) is 80.4 Å². The lowest BCUT2D eigenvalue weighted by molar-refractivity contribution is -0.143. The van der Waals surface area contributed by atoms with Crippen LogP contribution in [0.1, 0.15) is 60.0 Å². The van der Waals surface area contributed by atoms with Crippen LogP contribution in [0, 0.1) is 24.2 Å². The molecule has 2 aromatic carbocycles. The zero-order chi connectivity index (χ0) is 20.2. The average Bonchev–Trinajstić information content (AvgIpc) is 2.67. The summed E-state index contributed by atoms with van der Waals surface area (Å²) in [6.07, 6.45) is 6.31. The Balaban J connectivity index is 1.48. The molecule has 2 N–H and O–H groups in total. The number of aryl methyl sites for hydroxylation is 1. The maximum atomic E-state index is 13.6. The van der Waals surface area contributed by atoms with Gasteiger partial charge < -0.3 is 10.4 Å². The second-order valence-electron chi connectivity index (χ2n) is 9.69. The molecule has 0 saturated heterocycles. The van der Waals surface area contributed by atoms with E-state index >= 15 is 0 Å². The highest BCUT2D eigenvalue weighted by Gasteiger charge is 2.60. The van der Waals surface area contributed by atoms with E-state index in [1.807, 2.05) is 0 Å². The van der Waals surface area contributed by atoms with E-state index < -0.39 is 5.97 Å². The van der Waals surface area contributed by atoms with E-state index in [4.69, 9.17) is 0 Å². The zero-order valence-corrected chi connectivity index (χ0v) is 16.8. The third-order valence-electron chi connectivity index (χ3n) is 7.61. The predicted molar refractivity (Wildman–Crippen MR) is 112 cm³/mol. The van der Waals surface area contributed by atoms with Gasteiger partial charge in [-0.2, -0.15) is 0 Å². The first-order chi connectivity index (χ1) is 13.9. The summed E-state index contributed by atoms with van der Waals surface area (Å²) in [7, 11) is 0. The van der Waals surface area contributed by atoms with E-state index in [1.54, 1.807) is 24.3 Å². The Kier molecular flexibility index (Phi) is 4.09. The Morgan fingerprint density at radius 3 is 2.28 bits per heavy atom. The van der Waals surface area contributed by atoms with Gasteiger partial charge in [-0.25, -0.2) is 4.79 Å². The van der Waals surface area contributed by atoms with Gasteiger partial charge in [-0.1, -0.05) is 42.0 Å². The van der Waals surface area contributed by atoms with Crippen LogP contribution in [0.15, 0.2) is 48.5 Å². The minimum Gasteiger partial charge on any atom is -0.478 e. The molecule has 0 radical (unpaired) electrons. The number of carboxylic acids is 1. The Morgan fingerprint density at radius 2 is 1.62 bits per heavy atom. The van der Waals surface area contributed by atoms with Crippen LogP contribution >= 0.6 is 0 Å². The minimum atomic E-state index is -1.01. The smallest absolute Gasteiger partial charge is 0.337 e. The number of aromatic carboxylic acids is 1. The molecule has 4 nitrogen and oxygen atoms in total. The third-order valence-corrected chi connectivity index (χ3v) is 7.61. The summed E-state index contributed by atoms with van der Waals surface area (Å²) in [6, 6.07) is 15.6. The van der Waals surface area contributed by atoms with Crippen molar-refractivity contribution in [2.24, 2.45) is 17.3 Å². The van der Waals surface area contributed by atoms with Crippen molar-refractivity contribution >= 4 is 17.6 Å². The molecule has 4 saturated carbocycles. The lowest BCUT2D eigenvalue weighted by atomic mass is 9.42. The number of carboxylic acid groups (broad SMARTS) is 1. The van der Waals surface area contributed by atoms with Gasteiger partial charge in [-0.3, -0.25) is 4.79 Å². The van der Waals surface area contributed by atoms with Crippen molar-refractivity contribution < 1.29 is 14.7 Å². The van der Waals surface area contributed by atoms with Crippen molar-refractivity contribution in [1.29, 1.82) is 0 Å². The second-order valence-corrected chi connectivity index (χ2v) is 9.69. The van der Waals surface area contributed by atoms with E-state index in [0.717, 1.165) is 19.3 Å². The highest BCUT2D eigenvalue weighted by atomic mass is 16.4. The number of amides is 1. The SMILES string of the molecule is Cc1ccc(C23CC4CC(CC(C(=O)Nc5ccccc5C(=O)O)(C4)C2)C3)cc1. The highest BCUT2D eigenvalue weighted by Crippen LogP contribution is 2.66. The summed E-state index contributed by atoms with van der Waals surface area (Å²) in [5.41, 5.74) is 2.89. The van der Waals surface area contributed by atoms with E-state index in [-0.39, 0.29) is 22.3 Å². The van der Waals surface area contributed by atoms with Crippen LogP contribution in [0.25, 0.3) is 0 Å². The molecule has 4 heteroatoms. The molecule has 150 valence electrons. The van der Waals surface area contributed by atoms with Crippen LogP contribution in [-0.2, 0) is 10.2 Å². The van der Waals surface area contributed by atoms with Crippen LogP contribution in [0.3, 0.4) is 0 Å². The summed E-state index contributed by atoms with van der Waals surface area (Å²) < 4.78 is 0. The number of hydrogen-bond acceptors (Lipinski definition) is 2. The molecule has 2 aromatic rings. The lowest BCUT2D eigenvalue weighted by Gasteiger charge is -2.61. The second kappa shape index (κ2) is 6.45. The fourth-order valence-electron chi connectivity index (χ4n) is 6.81. The van der Waals surface area contributed by atoms with Crippen molar-refractivity contribution in [2.45, 2.75) is 50.9 Å². The van der Waals surface area contributed by atoms with E-state index in [2.05, 4.69) is 36.5 Å². The van der Waals surface area contributed by atoms with Crippen LogP contribution in [0.4, 0.5) is 5.69 Å². The molecule has 2 unspecified atom stereocenters. The number of anilines is 1. The number of carbonyl (C=O) groups is 2. The number of nitrogens with one attached hydrogen (secondary N) is 1. The molecular formula is C25H27NO3. The molecule has 4 fully saturated rings. The molecule has 0 heterocycles. The molecule has 29 heavy (non-hydrogen) atoms. The highest BCUT2D eigenvalue weighted by molar-refractivity contribution is 6.02. The summed E-state index contributed by atoms with van der Waals surface area (Å²) in [5.74, 6) is 0.162.